The molecule has 0 atom stereocenters. The van der Waals surface area contributed by atoms with Crippen LogP contribution < -0.4 is 5.73 Å². The van der Waals surface area contributed by atoms with E-state index in [9.17, 15) is 4.79 Å². The third-order valence-electron chi connectivity index (χ3n) is 5.24. The van der Waals surface area contributed by atoms with Gasteiger partial charge in [-0.1, -0.05) is 29.8 Å². The van der Waals surface area contributed by atoms with E-state index in [1.165, 1.54) is 24.0 Å². The second kappa shape index (κ2) is 6.82. The van der Waals surface area contributed by atoms with Gasteiger partial charge in [-0.3, -0.25) is 4.79 Å². The highest BCUT2D eigenvalue weighted by Crippen LogP contribution is 2.34. The van der Waals surface area contributed by atoms with E-state index in [0.29, 0.717) is 17.9 Å². The molecule has 2 aliphatic rings. The van der Waals surface area contributed by atoms with Crippen molar-refractivity contribution in [2.45, 2.75) is 58.0 Å². The zero-order valence-electron chi connectivity index (χ0n) is 13.6. The maximum atomic E-state index is 13.0. The first-order chi connectivity index (χ1) is 10.7. The summed E-state index contributed by atoms with van der Waals surface area (Å²) in [6.45, 7) is 3.67. The Morgan fingerprint density at radius 1 is 1.18 bits per heavy atom. The second-order valence-electron chi connectivity index (χ2n) is 7.14. The fourth-order valence-electron chi connectivity index (χ4n) is 3.66. The number of nitrogens with two attached hydrogens (primary N) is 1. The van der Waals surface area contributed by atoms with Crippen molar-refractivity contribution in [1.82, 2.24) is 4.90 Å². The number of aryl methyl sites for hydroxylation is 1. The van der Waals surface area contributed by atoms with E-state index in [0.717, 1.165) is 38.8 Å². The van der Waals surface area contributed by atoms with Crippen molar-refractivity contribution >= 4 is 5.91 Å². The predicted octanol–water partition coefficient (Wildman–Crippen LogP) is 3.25. The van der Waals surface area contributed by atoms with Gasteiger partial charge in [0, 0.05) is 18.5 Å². The molecule has 0 heterocycles. The molecule has 0 saturated heterocycles. The van der Waals surface area contributed by atoms with Crippen LogP contribution in [0.4, 0.5) is 0 Å². The van der Waals surface area contributed by atoms with Crippen LogP contribution in [0.1, 0.15) is 49.7 Å². The van der Waals surface area contributed by atoms with Crippen LogP contribution in [0.5, 0.6) is 0 Å². The normalized spacial score (nSPS) is 25.0. The van der Waals surface area contributed by atoms with E-state index >= 15 is 0 Å². The Bertz CT molecular complexity index is 516. The van der Waals surface area contributed by atoms with Crippen molar-refractivity contribution in [3.05, 3.63) is 35.4 Å². The zero-order valence-corrected chi connectivity index (χ0v) is 13.6. The highest BCUT2D eigenvalue weighted by atomic mass is 16.2. The summed E-state index contributed by atoms with van der Waals surface area (Å²) in [5, 5.41) is 0. The van der Waals surface area contributed by atoms with Crippen LogP contribution in [0.2, 0.25) is 0 Å². The van der Waals surface area contributed by atoms with Gasteiger partial charge in [-0.2, -0.15) is 0 Å². The maximum absolute atomic E-state index is 13.0. The smallest absolute Gasteiger partial charge is 0.226 e. The number of nitrogens with zero attached hydrogens (tertiary/aromatic N) is 1. The summed E-state index contributed by atoms with van der Waals surface area (Å²) >= 11 is 0. The summed E-state index contributed by atoms with van der Waals surface area (Å²) in [5.41, 5.74) is 8.29. The zero-order chi connectivity index (χ0) is 15.5. The Balaban J connectivity index is 1.65. The molecule has 0 radical (unpaired) electrons. The summed E-state index contributed by atoms with van der Waals surface area (Å²) < 4.78 is 0. The molecule has 2 aliphatic carbocycles. The van der Waals surface area contributed by atoms with Crippen LogP contribution in [-0.4, -0.2) is 23.4 Å². The van der Waals surface area contributed by atoms with Crippen LogP contribution >= 0.6 is 0 Å². The number of carbonyl (C=O) groups is 1. The van der Waals surface area contributed by atoms with Crippen LogP contribution in [-0.2, 0) is 11.3 Å². The molecule has 2 N–H and O–H groups in total. The molecule has 2 fully saturated rings. The molecule has 0 aromatic heterocycles. The first kappa shape index (κ1) is 15.5. The third-order valence-corrected chi connectivity index (χ3v) is 5.24. The summed E-state index contributed by atoms with van der Waals surface area (Å²) in [7, 11) is 0. The monoisotopic (exact) mass is 300 g/mol. The van der Waals surface area contributed by atoms with E-state index in [-0.39, 0.29) is 5.92 Å². The van der Waals surface area contributed by atoms with Crippen molar-refractivity contribution in [3.63, 3.8) is 0 Å². The second-order valence-corrected chi connectivity index (χ2v) is 7.14. The maximum Gasteiger partial charge on any atom is 0.226 e. The van der Waals surface area contributed by atoms with Gasteiger partial charge in [-0.05, 0) is 63.5 Å². The average molecular weight is 300 g/mol. The van der Waals surface area contributed by atoms with E-state index in [2.05, 4.69) is 36.1 Å². The number of hydrogen-bond acceptors (Lipinski definition) is 2. The number of rotatable bonds is 5. The van der Waals surface area contributed by atoms with Crippen molar-refractivity contribution in [2.24, 2.45) is 17.6 Å². The molecule has 120 valence electrons. The molecule has 0 unspecified atom stereocenters. The van der Waals surface area contributed by atoms with E-state index in [1.807, 2.05) is 0 Å². The Kier molecular flexibility index (Phi) is 4.82. The average Bonchev–Trinajstić information content (AvgIpc) is 3.37. The van der Waals surface area contributed by atoms with E-state index in [1.54, 1.807) is 0 Å². The Morgan fingerprint density at radius 3 is 2.50 bits per heavy atom. The molecule has 3 heteroatoms. The Labute approximate surface area is 133 Å². The summed E-state index contributed by atoms with van der Waals surface area (Å²) in [6.07, 6.45) is 6.65. The van der Waals surface area contributed by atoms with Gasteiger partial charge in [0.15, 0.2) is 0 Å². The van der Waals surface area contributed by atoms with Gasteiger partial charge in [0.05, 0.1) is 0 Å². The lowest BCUT2D eigenvalue weighted by atomic mass is 9.81. The highest BCUT2D eigenvalue weighted by Gasteiger charge is 2.36. The molecule has 3 rings (SSSR count). The van der Waals surface area contributed by atoms with Crippen molar-refractivity contribution < 1.29 is 4.79 Å². The van der Waals surface area contributed by atoms with Gasteiger partial charge in [-0.15, -0.1) is 0 Å². The molecule has 2 saturated carbocycles. The lowest BCUT2D eigenvalue weighted by molar-refractivity contribution is -0.138. The number of benzene rings is 1. The fourth-order valence-corrected chi connectivity index (χ4v) is 3.66. The van der Waals surface area contributed by atoms with Crippen molar-refractivity contribution in [2.75, 3.05) is 6.54 Å². The predicted molar refractivity (Wildman–Crippen MR) is 89.3 cm³/mol. The van der Waals surface area contributed by atoms with Crippen LogP contribution in [0, 0.1) is 18.8 Å². The fraction of sp³-hybridized carbons (Fsp3) is 0.632. The van der Waals surface area contributed by atoms with Crippen molar-refractivity contribution in [1.29, 1.82) is 0 Å². The van der Waals surface area contributed by atoms with Gasteiger partial charge < -0.3 is 10.6 Å². The van der Waals surface area contributed by atoms with Crippen LogP contribution in [0.25, 0.3) is 0 Å². The van der Waals surface area contributed by atoms with Gasteiger partial charge >= 0.3 is 0 Å². The first-order valence-corrected chi connectivity index (χ1v) is 8.73. The van der Waals surface area contributed by atoms with Gasteiger partial charge in [0.2, 0.25) is 5.91 Å². The Hall–Kier alpha value is -1.35. The Morgan fingerprint density at radius 2 is 1.91 bits per heavy atom. The molecular formula is C19H28N2O. The minimum absolute atomic E-state index is 0.230. The van der Waals surface area contributed by atoms with E-state index < -0.39 is 0 Å². The molecule has 1 aromatic carbocycles. The summed E-state index contributed by atoms with van der Waals surface area (Å²) in [5.74, 6) is 1.25. The van der Waals surface area contributed by atoms with Crippen molar-refractivity contribution in [3.8, 4) is 0 Å². The number of carbonyl (C=O) groups excluding carboxylic acids is 1. The largest absolute Gasteiger partial charge is 0.335 e. The van der Waals surface area contributed by atoms with Gasteiger partial charge in [-0.25, -0.2) is 0 Å². The molecule has 0 aliphatic heterocycles. The molecule has 1 aromatic rings. The van der Waals surface area contributed by atoms with Gasteiger partial charge in [0.25, 0.3) is 0 Å². The topological polar surface area (TPSA) is 46.3 Å². The summed E-state index contributed by atoms with van der Waals surface area (Å²) in [4.78, 5) is 15.1. The first-order valence-electron chi connectivity index (χ1n) is 8.73. The standard InChI is InChI=1S/C19H28N2O/c1-14-3-2-4-16(11-14)13-21(18-9-10-18)19(22)17-7-5-15(12-20)6-8-17/h2-4,11,15,17-18H,5-10,12-13,20H2,1H3. The third kappa shape index (κ3) is 3.70. The molecule has 3 nitrogen and oxygen atoms in total. The summed E-state index contributed by atoms with van der Waals surface area (Å²) in [6, 6.07) is 9.03. The van der Waals surface area contributed by atoms with Crippen LogP contribution in [0.15, 0.2) is 24.3 Å². The highest BCUT2D eigenvalue weighted by molar-refractivity contribution is 5.79. The lowest BCUT2D eigenvalue weighted by Crippen LogP contribution is -2.39. The van der Waals surface area contributed by atoms with Crippen LogP contribution in [0.3, 0.4) is 0 Å². The molecule has 0 bridgehead atoms. The van der Waals surface area contributed by atoms with Gasteiger partial charge in [0.1, 0.15) is 0 Å². The van der Waals surface area contributed by atoms with E-state index in [4.69, 9.17) is 5.73 Å². The molecule has 1 amide bonds. The number of amides is 1. The molecular weight excluding hydrogens is 272 g/mol. The molecule has 22 heavy (non-hydrogen) atoms. The number of hydrogen-bond donors (Lipinski definition) is 1. The molecule has 0 spiro atoms. The lowest BCUT2D eigenvalue weighted by Gasteiger charge is -2.32. The minimum atomic E-state index is 0.230. The SMILES string of the molecule is Cc1cccc(CN(C(=O)C2CCC(CN)CC2)C2CC2)c1. The minimum Gasteiger partial charge on any atom is -0.335 e. The quantitative estimate of drug-likeness (QED) is 0.907.